The first-order valence-corrected chi connectivity index (χ1v) is 9.43. The number of hydrogen-bond donors (Lipinski definition) is 2. The summed E-state index contributed by atoms with van der Waals surface area (Å²) in [5.41, 5.74) is 0. The van der Waals surface area contributed by atoms with Crippen molar-refractivity contribution in [2.45, 2.75) is 24.3 Å². The average molecular weight is 427 g/mol. The molecule has 1 amide bonds. The molecule has 0 saturated carbocycles. The van der Waals surface area contributed by atoms with Crippen LogP contribution < -0.4 is 10.0 Å². The number of benzene rings is 1. The third kappa shape index (κ3) is 5.72. The number of piperazine rings is 1. The van der Waals surface area contributed by atoms with E-state index in [2.05, 4.69) is 26.0 Å². The minimum absolute atomic E-state index is 0. The number of nitrogens with zero attached hydrogens (tertiary/aromatic N) is 1. The molecule has 1 aromatic rings. The molecule has 6 nitrogen and oxygen atoms in total. The summed E-state index contributed by atoms with van der Waals surface area (Å²) in [4.78, 5) is 14.1. The molecule has 1 aliphatic rings. The van der Waals surface area contributed by atoms with Gasteiger partial charge in [-0.05, 0) is 31.2 Å². The fourth-order valence-corrected chi connectivity index (χ4v) is 3.64. The molecule has 1 heterocycles. The van der Waals surface area contributed by atoms with Gasteiger partial charge in [-0.2, -0.15) is 0 Å². The van der Waals surface area contributed by atoms with E-state index >= 15 is 0 Å². The van der Waals surface area contributed by atoms with Crippen LogP contribution in [0.1, 0.15) is 13.3 Å². The van der Waals surface area contributed by atoms with E-state index in [1.807, 2.05) is 6.92 Å². The summed E-state index contributed by atoms with van der Waals surface area (Å²) in [6.45, 7) is 4.31. The molecule has 1 atom stereocenters. The first-order chi connectivity index (χ1) is 10.4. The van der Waals surface area contributed by atoms with Crippen LogP contribution in [-0.2, 0) is 14.8 Å². The lowest BCUT2D eigenvalue weighted by Gasteiger charge is -2.34. The summed E-state index contributed by atoms with van der Waals surface area (Å²) in [7, 11) is -3.57. The van der Waals surface area contributed by atoms with Crippen LogP contribution in [-0.4, -0.2) is 51.4 Å². The second-order valence-corrected chi connectivity index (χ2v) is 7.92. The van der Waals surface area contributed by atoms with Crippen molar-refractivity contribution < 1.29 is 13.2 Å². The summed E-state index contributed by atoms with van der Waals surface area (Å²) in [5.74, 6) is -0.0208. The zero-order valence-electron chi connectivity index (χ0n) is 12.8. The topological polar surface area (TPSA) is 78.5 Å². The molecule has 0 aromatic heterocycles. The lowest BCUT2D eigenvalue weighted by Crippen LogP contribution is -2.52. The molecule has 1 fully saturated rings. The minimum atomic E-state index is -3.57. The maximum absolute atomic E-state index is 12.1. The van der Waals surface area contributed by atoms with Crippen molar-refractivity contribution in [1.29, 1.82) is 0 Å². The third-order valence-corrected chi connectivity index (χ3v) is 5.58. The Morgan fingerprint density at radius 2 is 2.04 bits per heavy atom. The molecular formula is C14H21BrClN3O3S. The molecule has 0 spiro atoms. The Labute approximate surface area is 151 Å². The molecule has 1 saturated heterocycles. The Morgan fingerprint density at radius 1 is 1.39 bits per heavy atom. The molecule has 130 valence electrons. The number of rotatable bonds is 5. The zero-order valence-corrected chi connectivity index (χ0v) is 16.0. The van der Waals surface area contributed by atoms with Crippen LogP contribution in [0.3, 0.4) is 0 Å². The van der Waals surface area contributed by atoms with E-state index < -0.39 is 10.0 Å². The lowest BCUT2D eigenvalue weighted by atomic mass is 10.2. The van der Waals surface area contributed by atoms with Gasteiger partial charge in [-0.1, -0.05) is 15.9 Å². The maximum Gasteiger partial charge on any atom is 0.240 e. The van der Waals surface area contributed by atoms with Crippen LogP contribution >= 0.6 is 28.3 Å². The average Bonchev–Trinajstić information content (AvgIpc) is 2.48. The minimum Gasteiger partial charge on any atom is -0.337 e. The van der Waals surface area contributed by atoms with E-state index in [9.17, 15) is 13.2 Å². The Balaban J connectivity index is 0.00000264. The van der Waals surface area contributed by atoms with E-state index in [0.717, 1.165) is 17.6 Å². The zero-order chi connectivity index (χ0) is 16.2. The summed E-state index contributed by atoms with van der Waals surface area (Å²) in [6, 6.07) is 6.52. The van der Waals surface area contributed by atoms with Crippen LogP contribution in [0.2, 0.25) is 0 Å². The van der Waals surface area contributed by atoms with Crippen molar-refractivity contribution in [2.24, 2.45) is 0 Å². The molecular weight excluding hydrogens is 406 g/mol. The first-order valence-electron chi connectivity index (χ1n) is 7.15. The van der Waals surface area contributed by atoms with Crippen molar-refractivity contribution in [3.05, 3.63) is 28.7 Å². The highest BCUT2D eigenvalue weighted by Gasteiger charge is 2.23. The van der Waals surface area contributed by atoms with E-state index in [0.29, 0.717) is 6.54 Å². The van der Waals surface area contributed by atoms with E-state index in [-0.39, 0.29) is 42.2 Å². The fraction of sp³-hybridized carbons (Fsp3) is 0.500. The highest BCUT2D eigenvalue weighted by atomic mass is 79.9. The Bertz CT molecular complexity index is 625. The number of nitrogens with one attached hydrogen (secondary N) is 2. The van der Waals surface area contributed by atoms with Crippen LogP contribution in [0, 0.1) is 0 Å². The second-order valence-electron chi connectivity index (χ2n) is 5.24. The third-order valence-electron chi connectivity index (χ3n) is 3.58. The molecule has 0 aliphatic carbocycles. The molecule has 2 rings (SSSR count). The van der Waals surface area contributed by atoms with Crippen LogP contribution in [0.15, 0.2) is 33.6 Å². The summed E-state index contributed by atoms with van der Waals surface area (Å²) in [5, 5.41) is 3.22. The molecule has 0 radical (unpaired) electrons. The van der Waals surface area contributed by atoms with Gasteiger partial charge < -0.3 is 10.2 Å². The highest BCUT2D eigenvalue weighted by molar-refractivity contribution is 9.10. The van der Waals surface area contributed by atoms with Gasteiger partial charge in [0.25, 0.3) is 0 Å². The Morgan fingerprint density at radius 3 is 2.65 bits per heavy atom. The summed E-state index contributed by atoms with van der Waals surface area (Å²) in [6.07, 6.45) is 0.167. The molecule has 1 aliphatic heterocycles. The number of carbonyl (C=O) groups excluding carboxylic acids is 1. The van der Waals surface area contributed by atoms with Crippen molar-refractivity contribution in [2.75, 3.05) is 26.2 Å². The van der Waals surface area contributed by atoms with Gasteiger partial charge in [-0.25, -0.2) is 13.1 Å². The SMILES string of the molecule is CC1CNCCN1C(=O)CCNS(=O)(=O)c1ccc(Br)cc1.Cl. The van der Waals surface area contributed by atoms with Crippen molar-refractivity contribution >= 4 is 44.3 Å². The Hall–Kier alpha value is -0.670. The molecule has 0 bridgehead atoms. The van der Waals surface area contributed by atoms with Crippen LogP contribution in [0.4, 0.5) is 0 Å². The lowest BCUT2D eigenvalue weighted by molar-refractivity contribution is -0.133. The van der Waals surface area contributed by atoms with Gasteiger partial charge in [0.15, 0.2) is 0 Å². The number of hydrogen-bond acceptors (Lipinski definition) is 4. The van der Waals surface area contributed by atoms with Crippen molar-refractivity contribution in [3.63, 3.8) is 0 Å². The number of sulfonamides is 1. The number of carbonyl (C=O) groups is 1. The van der Waals surface area contributed by atoms with E-state index in [4.69, 9.17) is 0 Å². The molecule has 2 N–H and O–H groups in total. The summed E-state index contributed by atoms with van der Waals surface area (Å²) < 4.78 is 27.5. The van der Waals surface area contributed by atoms with Gasteiger partial charge in [0, 0.05) is 43.1 Å². The first kappa shape index (κ1) is 20.4. The predicted molar refractivity (Wildman–Crippen MR) is 95.2 cm³/mol. The standard InChI is InChI=1S/C14H20BrN3O3S.ClH/c1-11-10-16-8-9-18(11)14(19)6-7-17-22(20,21)13-4-2-12(15)3-5-13;/h2-5,11,16-17H,6-10H2,1H3;1H. The fourth-order valence-electron chi connectivity index (χ4n) is 2.34. The monoisotopic (exact) mass is 425 g/mol. The molecule has 23 heavy (non-hydrogen) atoms. The normalized spacial score (nSPS) is 18.3. The number of halogens is 2. The van der Waals surface area contributed by atoms with Gasteiger partial charge in [0.05, 0.1) is 4.90 Å². The smallest absolute Gasteiger partial charge is 0.240 e. The van der Waals surface area contributed by atoms with Crippen molar-refractivity contribution in [1.82, 2.24) is 14.9 Å². The molecule has 1 aromatic carbocycles. The summed E-state index contributed by atoms with van der Waals surface area (Å²) >= 11 is 3.26. The molecule has 9 heteroatoms. The number of amides is 1. The maximum atomic E-state index is 12.1. The molecule has 1 unspecified atom stereocenters. The quantitative estimate of drug-likeness (QED) is 0.745. The van der Waals surface area contributed by atoms with Gasteiger partial charge in [0.2, 0.25) is 15.9 Å². The van der Waals surface area contributed by atoms with Gasteiger partial charge >= 0.3 is 0 Å². The van der Waals surface area contributed by atoms with Gasteiger partial charge in [-0.15, -0.1) is 12.4 Å². The van der Waals surface area contributed by atoms with E-state index in [1.165, 1.54) is 12.1 Å². The van der Waals surface area contributed by atoms with Crippen LogP contribution in [0.25, 0.3) is 0 Å². The van der Waals surface area contributed by atoms with Gasteiger partial charge in [0.1, 0.15) is 0 Å². The second kappa shape index (κ2) is 8.98. The Kier molecular flexibility index (Phi) is 7.96. The van der Waals surface area contributed by atoms with Crippen LogP contribution in [0.5, 0.6) is 0 Å². The van der Waals surface area contributed by atoms with Gasteiger partial charge in [-0.3, -0.25) is 4.79 Å². The predicted octanol–water partition coefficient (Wildman–Crippen LogP) is 1.36. The highest BCUT2D eigenvalue weighted by Crippen LogP contribution is 2.14. The van der Waals surface area contributed by atoms with Crippen molar-refractivity contribution in [3.8, 4) is 0 Å². The largest absolute Gasteiger partial charge is 0.337 e. The van der Waals surface area contributed by atoms with E-state index in [1.54, 1.807) is 17.0 Å².